The Hall–Kier alpha value is -2.53. The number of halogens is 1. The van der Waals surface area contributed by atoms with Gasteiger partial charge >= 0.3 is 0 Å². The van der Waals surface area contributed by atoms with Gasteiger partial charge in [-0.05, 0) is 55.7 Å². The number of amides is 1. The number of aryl methyl sites for hydroxylation is 1. The van der Waals surface area contributed by atoms with Crippen LogP contribution in [-0.4, -0.2) is 33.5 Å². The number of ether oxygens (including phenoxy) is 1. The Kier molecular flexibility index (Phi) is 6.05. The molecule has 2 aromatic carbocycles. The van der Waals surface area contributed by atoms with E-state index in [1.807, 2.05) is 54.3 Å². The third-order valence-corrected chi connectivity index (χ3v) is 5.72. The fourth-order valence-corrected chi connectivity index (χ4v) is 4.19. The van der Waals surface area contributed by atoms with E-state index in [1.165, 1.54) is 0 Å². The molecule has 0 bridgehead atoms. The van der Waals surface area contributed by atoms with Crippen LogP contribution in [0.1, 0.15) is 44.5 Å². The van der Waals surface area contributed by atoms with E-state index >= 15 is 0 Å². The van der Waals surface area contributed by atoms with Crippen molar-refractivity contribution in [3.05, 3.63) is 59.4 Å². The molecule has 1 fully saturated rings. The van der Waals surface area contributed by atoms with E-state index in [4.69, 9.17) is 21.3 Å². The summed E-state index contributed by atoms with van der Waals surface area (Å²) in [6.45, 7) is 4.15. The number of fused-ring (bicyclic) bond motifs is 1. The molecule has 0 aliphatic carbocycles. The number of hydrogen-bond donors (Lipinski definition) is 0. The lowest BCUT2D eigenvalue weighted by atomic mass is 10.2. The smallest absolute Gasteiger partial charge is 0.222 e. The lowest BCUT2D eigenvalue weighted by molar-refractivity contribution is -0.131. The standard InChI is InChI=1S/C23H26ClN3O2/c1-2-22(28)26-14-5-9-21(26)23-25-19-7-3-4-8-20(19)27(23)15-6-16-29-18-12-10-17(24)11-13-18/h3-4,7-8,10-13,21H,2,5-6,9,14-16H2,1H3/t21-/m1/s1. The van der Waals surface area contributed by atoms with E-state index in [2.05, 4.69) is 10.6 Å². The molecule has 0 radical (unpaired) electrons. The number of carbonyl (C=O) groups is 1. The highest BCUT2D eigenvalue weighted by Crippen LogP contribution is 2.34. The van der Waals surface area contributed by atoms with Crippen molar-refractivity contribution in [1.29, 1.82) is 0 Å². The highest BCUT2D eigenvalue weighted by Gasteiger charge is 2.32. The Morgan fingerprint density at radius 3 is 2.79 bits per heavy atom. The number of rotatable bonds is 7. The van der Waals surface area contributed by atoms with Crippen LogP contribution in [0, 0.1) is 0 Å². The van der Waals surface area contributed by atoms with Gasteiger partial charge in [0.25, 0.3) is 0 Å². The third-order valence-electron chi connectivity index (χ3n) is 5.47. The van der Waals surface area contributed by atoms with Crippen LogP contribution in [0.2, 0.25) is 5.02 Å². The van der Waals surface area contributed by atoms with Crippen molar-refractivity contribution < 1.29 is 9.53 Å². The predicted octanol–water partition coefficient (Wildman–Crippen LogP) is 5.23. The summed E-state index contributed by atoms with van der Waals surface area (Å²) in [6.07, 6.45) is 3.38. The number of likely N-dealkylation sites (tertiary alicyclic amines) is 1. The molecule has 1 aromatic heterocycles. The molecular weight excluding hydrogens is 386 g/mol. The van der Waals surface area contributed by atoms with Crippen molar-refractivity contribution in [2.75, 3.05) is 13.2 Å². The van der Waals surface area contributed by atoms with Crippen molar-refractivity contribution in [1.82, 2.24) is 14.5 Å². The topological polar surface area (TPSA) is 47.4 Å². The highest BCUT2D eigenvalue weighted by molar-refractivity contribution is 6.30. The molecule has 4 rings (SSSR count). The molecule has 2 heterocycles. The normalized spacial score (nSPS) is 16.5. The molecule has 0 spiro atoms. The lowest BCUT2D eigenvalue weighted by Gasteiger charge is -2.25. The van der Waals surface area contributed by atoms with Gasteiger partial charge in [0.05, 0.1) is 23.7 Å². The molecule has 29 heavy (non-hydrogen) atoms. The molecule has 1 amide bonds. The molecular formula is C23H26ClN3O2. The van der Waals surface area contributed by atoms with E-state index in [0.29, 0.717) is 18.1 Å². The van der Waals surface area contributed by atoms with Gasteiger partial charge in [-0.25, -0.2) is 4.98 Å². The zero-order chi connectivity index (χ0) is 20.2. The molecule has 1 atom stereocenters. The number of carbonyl (C=O) groups excluding carboxylic acids is 1. The van der Waals surface area contributed by atoms with Crippen LogP contribution in [0.5, 0.6) is 5.75 Å². The average Bonchev–Trinajstić information content (AvgIpc) is 3.36. The Balaban J connectivity index is 1.52. The minimum atomic E-state index is 0.0621. The summed E-state index contributed by atoms with van der Waals surface area (Å²) in [7, 11) is 0. The SMILES string of the molecule is CCC(=O)N1CCC[C@@H]1c1nc2ccccc2n1CCCOc1ccc(Cl)cc1. The number of para-hydroxylation sites is 2. The molecule has 6 heteroatoms. The molecule has 1 saturated heterocycles. The Morgan fingerprint density at radius 2 is 2.00 bits per heavy atom. The van der Waals surface area contributed by atoms with Gasteiger partial charge in [-0.15, -0.1) is 0 Å². The molecule has 1 aliphatic heterocycles. The summed E-state index contributed by atoms with van der Waals surface area (Å²) < 4.78 is 8.13. The van der Waals surface area contributed by atoms with Gasteiger partial charge in [0.2, 0.25) is 5.91 Å². The third kappa shape index (κ3) is 4.25. The minimum absolute atomic E-state index is 0.0621. The van der Waals surface area contributed by atoms with Crippen LogP contribution < -0.4 is 4.74 Å². The molecule has 1 aliphatic rings. The van der Waals surface area contributed by atoms with Crippen molar-refractivity contribution in [2.24, 2.45) is 0 Å². The second-order valence-corrected chi connectivity index (χ2v) is 7.80. The van der Waals surface area contributed by atoms with Crippen molar-refractivity contribution in [3.63, 3.8) is 0 Å². The Morgan fingerprint density at radius 1 is 1.21 bits per heavy atom. The minimum Gasteiger partial charge on any atom is -0.494 e. The predicted molar refractivity (Wildman–Crippen MR) is 115 cm³/mol. The van der Waals surface area contributed by atoms with E-state index in [9.17, 15) is 4.79 Å². The Bertz CT molecular complexity index is 983. The van der Waals surface area contributed by atoms with E-state index in [-0.39, 0.29) is 11.9 Å². The zero-order valence-electron chi connectivity index (χ0n) is 16.7. The van der Waals surface area contributed by atoms with Crippen LogP contribution >= 0.6 is 11.6 Å². The highest BCUT2D eigenvalue weighted by atomic mass is 35.5. The average molecular weight is 412 g/mol. The monoisotopic (exact) mass is 411 g/mol. The number of nitrogens with zero attached hydrogens (tertiary/aromatic N) is 3. The van der Waals surface area contributed by atoms with Gasteiger partial charge in [-0.1, -0.05) is 30.7 Å². The van der Waals surface area contributed by atoms with Crippen molar-refractivity contribution >= 4 is 28.5 Å². The molecule has 5 nitrogen and oxygen atoms in total. The fraction of sp³-hybridized carbons (Fsp3) is 0.391. The number of imidazole rings is 1. The van der Waals surface area contributed by atoms with Gasteiger partial charge in [0, 0.05) is 24.5 Å². The first-order chi connectivity index (χ1) is 14.2. The fourth-order valence-electron chi connectivity index (χ4n) is 4.06. The van der Waals surface area contributed by atoms with Crippen LogP contribution in [0.3, 0.4) is 0 Å². The second-order valence-electron chi connectivity index (χ2n) is 7.37. The number of benzene rings is 2. The van der Waals surface area contributed by atoms with Crippen LogP contribution in [0.4, 0.5) is 0 Å². The van der Waals surface area contributed by atoms with Gasteiger partial charge in [-0.3, -0.25) is 4.79 Å². The summed E-state index contributed by atoms with van der Waals surface area (Å²) in [5, 5.41) is 0.703. The number of hydrogen-bond acceptors (Lipinski definition) is 3. The molecule has 3 aromatic rings. The van der Waals surface area contributed by atoms with Crippen molar-refractivity contribution in [3.8, 4) is 5.75 Å². The maximum absolute atomic E-state index is 12.4. The largest absolute Gasteiger partial charge is 0.494 e. The summed E-state index contributed by atoms with van der Waals surface area (Å²) >= 11 is 5.93. The van der Waals surface area contributed by atoms with E-state index in [0.717, 1.165) is 55.0 Å². The second kappa shape index (κ2) is 8.87. The van der Waals surface area contributed by atoms with E-state index < -0.39 is 0 Å². The lowest BCUT2D eigenvalue weighted by Crippen LogP contribution is -2.31. The quantitative estimate of drug-likeness (QED) is 0.500. The van der Waals surface area contributed by atoms with Crippen LogP contribution in [0.25, 0.3) is 11.0 Å². The maximum atomic E-state index is 12.4. The molecule has 0 saturated carbocycles. The van der Waals surface area contributed by atoms with Gasteiger partial charge in [-0.2, -0.15) is 0 Å². The molecule has 0 N–H and O–H groups in total. The van der Waals surface area contributed by atoms with Crippen LogP contribution in [-0.2, 0) is 11.3 Å². The van der Waals surface area contributed by atoms with Gasteiger partial charge in [0.15, 0.2) is 0 Å². The van der Waals surface area contributed by atoms with Crippen molar-refractivity contribution in [2.45, 2.75) is 45.2 Å². The summed E-state index contributed by atoms with van der Waals surface area (Å²) in [4.78, 5) is 19.3. The first-order valence-electron chi connectivity index (χ1n) is 10.3. The van der Waals surface area contributed by atoms with Gasteiger partial charge < -0.3 is 14.2 Å². The first-order valence-corrected chi connectivity index (χ1v) is 10.7. The summed E-state index contributed by atoms with van der Waals surface area (Å²) in [5.41, 5.74) is 2.10. The Labute approximate surface area is 176 Å². The van der Waals surface area contributed by atoms with Gasteiger partial charge in [0.1, 0.15) is 11.6 Å². The number of aromatic nitrogens is 2. The zero-order valence-corrected chi connectivity index (χ0v) is 17.4. The van der Waals surface area contributed by atoms with E-state index in [1.54, 1.807) is 0 Å². The first kappa shape index (κ1) is 19.8. The summed E-state index contributed by atoms with van der Waals surface area (Å²) in [5.74, 6) is 2.02. The maximum Gasteiger partial charge on any atom is 0.222 e. The van der Waals surface area contributed by atoms with Crippen LogP contribution in [0.15, 0.2) is 48.5 Å². The summed E-state index contributed by atoms with van der Waals surface area (Å²) in [6, 6.07) is 15.7. The molecule has 152 valence electrons. The molecule has 0 unspecified atom stereocenters.